The van der Waals surface area contributed by atoms with Gasteiger partial charge in [-0.3, -0.25) is 9.59 Å². The summed E-state index contributed by atoms with van der Waals surface area (Å²) in [5.74, 6) is -1.29. The van der Waals surface area contributed by atoms with E-state index in [0.29, 0.717) is 12.8 Å². The van der Waals surface area contributed by atoms with Crippen molar-refractivity contribution >= 4 is 11.9 Å². The minimum atomic E-state index is -1.63. The first-order chi connectivity index (χ1) is 34.2. The number of amides is 1. The number of hydrogen-bond acceptors (Lipinski definition) is 10. The second-order valence-corrected chi connectivity index (χ2v) is 18.7. The topological polar surface area (TPSA) is 175 Å². The number of aliphatic hydroxyl groups is 5. The smallest absolute Gasteiger partial charge is 0.306 e. The first-order valence-corrected chi connectivity index (χ1v) is 27.6. The van der Waals surface area contributed by atoms with Crippen LogP contribution in [0.5, 0.6) is 0 Å². The molecule has 0 spiro atoms. The molecule has 0 bridgehead atoms. The van der Waals surface area contributed by atoms with Crippen molar-refractivity contribution in [2.45, 2.75) is 250 Å². The summed E-state index contributed by atoms with van der Waals surface area (Å²) in [7, 11) is 0. The molecule has 1 amide bonds. The van der Waals surface area contributed by atoms with Crippen molar-refractivity contribution in [1.29, 1.82) is 0 Å². The second-order valence-electron chi connectivity index (χ2n) is 18.7. The van der Waals surface area contributed by atoms with Crippen molar-refractivity contribution < 1.29 is 49.3 Å². The van der Waals surface area contributed by atoms with Crippen molar-refractivity contribution in [3.63, 3.8) is 0 Å². The van der Waals surface area contributed by atoms with Crippen molar-refractivity contribution in [2.24, 2.45) is 0 Å². The summed E-state index contributed by atoms with van der Waals surface area (Å²) in [6.07, 6.45) is 50.4. The van der Waals surface area contributed by atoms with Gasteiger partial charge < -0.3 is 45.1 Å². The monoisotopic (exact) mass is 982 g/mol. The molecule has 8 atom stereocenters. The molecule has 0 aliphatic carbocycles. The van der Waals surface area contributed by atoms with Gasteiger partial charge in [-0.25, -0.2) is 0 Å². The van der Waals surface area contributed by atoms with Crippen LogP contribution in [0.25, 0.3) is 0 Å². The molecule has 0 aromatic heterocycles. The zero-order valence-electron chi connectivity index (χ0n) is 43.8. The van der Waals surface area contributed by atoms with Crippen LogP contribution in [-0.4, -0.2) is 99.6 Å². The Bertz CT molecular complexity index is 1500. The molecule has 400 valence electrons. The highest BCUT2D eigenvalue weighted by atomic mass is 16.7. The van der Waals surface area contributed by atoms with E-state index in [-0.39, 0.29) is 19.4 Å². The minimum Gasteiger partial charge on any atom is -0.454 e. The molecule has 1 heterocycles. The molecule has 1 rings (SSSR count). The number of aliphatic hydroxyl groups excluding tert-OH is 5. The lowest BCUT2D eigenvalue weighted by atomic mass is 9.99. The SMILES string of the molecule is CC/C=C/C=C/C=C\C=C/C=C/CCC(O)C(=O)NC(COC1OC(CO)C(O)C(O)C1OC(=O)CCCCCCCCC/C=C\C/C=C\CCCCC)C(O)/C=C/CCCCCCCCCCCC. The number of hydrogen-bond donors (Lipinski definition) is 6. The zero-order chi connectivity index (χ0) is 51.1. The molecule has 0 radical (unpaired) electrons. The Balaban J connectivity index is 2.79. The van der Waals surface area contributed by atoms with E-state index in [1.54, 1.807) is 6.08 Å². The zero-order valence-corrected chi connectivity index (χ0v) is 43.8. The van der Waals surface area contributed by atoms with Crippen molar-refractivity contribution in [3.05, 3.63) is 97.2 Å². The number of nitrogens with one attached hydrogen (secondary N) is 1. The maximum atomic E-state index is 13.3. The maximum absolute atomic E-state index is 13.3. The van der Waals surface area contributed by atoms with E-state index in [1.165, 1.54) is 77.0 Å². The van der Waals surface area contributed by atoms with Gasteiger partial charge >= 0.3 is 5.97 Å². The third-order valence-electron chi connectivity index (χ3n) is 12.4. The van der Waals surface area contributed by atoms with Crippen LogP contribution in [0.2, 0.25) is 0 Å². The molecular weight excluding hydrogens is 883 g/mol. The van der Waals surface area contributed by atoms with Crippen LogP contribution in [0.3, 0.4) is 0 Å². The number of carbonyl (C=O) groups is 2. The van der Waals surface area contributed by atoms with Gasteiger partial charge in [0.25, 0.3) is 0 Å². The average molecular weight is 982 g/mol. The number of ether oxygens (including phenoxy) is 3. The molecule has 8 unspecified atom stereocenters. The summed E-state index contributed by atoms with van der Waals surface area (Å²) < 4.78 is 17.5. The fourth-order valence-corrected chi connectivity index (χ4v) is 7.94. The molecule has 1 saturated heterocycles. The highest BCUT2D eigenvalue weighted by molar-refractivity contribution is 5.80. The van der Waals surface area contributed by atoms with Gasteiger partial charge in [-0.05, 0) is 70.6 Å². The van der Waals surface area contributed by atoms with Crippen LogP contribution in [-0.2, 0) is 23.8 Å². The average Bonchev–Trinajstić information content (AvgIpc) is 3.36. The third kappa shape index (κ3) is 34.8. The Morgan fingerprint density at radius 2 is 1.09 bits per heavy atom. The van der Waals surface area contributed by atoms with E-state index in [1.807, 2.05) is 60.8 Å². The lowest BCUT2D eigenvalue weighted by molar-refractivity contribution is -0.305. The molecular formula is C59H99NO10. The van der Waals surface area contributed by atoms with Crippen molar-refractivity contribution in [3.8, 4) is 0 Å². The molecule has 70 heavy (non-hydrogen) atoms. The van der Waals surface area contributed by atoms with E-state index in [4.69, 9.17) is 14.2 Å². The molecule has 11 nitrogen and oxygen atoms in total. The second kappa shape index (κ2) is 46.6. The highest BCUT2D eigenvalue weighted by Gasteiger charge is 2.47. The summed E-state index contributed by atoms with van der Waals surface area (Å²) in [5, 5.41) is 56.6. The van der Waals surface area contributed by atoms with Crippen molar-refractivity contribution in [1.82, 2.24) is 5.32 Å². The van der Waals surface area contributed by atoms with E-state index in [0.717, 1.165) is 77.0 Å². The molecule has 11 heteroatoms. The van der Waals surface area contributed by atoms with Crippen LogP contribution in [0.4, 0.5) is 0 Å². The summed E-state index contributed by atoms with van der Waals surface area (Å²) >= 11 is 0. The van der Waals surface area contributed by atoms with Gasteiger partial charge in [-0.15, -0.1) is 0 Å². The van der Waals surface area contributed by atoms with E-state index in [9.17, 15) is 35.1 Å². The molecule has 1 fully saturated rings. The quantitative estimate of drug-likeness (QED) is 0.0149. The fourth-order valence-electron chi connectivity index (χ4n) is 7.94. The summed E-state index contributed by atoms with van der Waals surface area (Å²) in [6, 6.07) is -1.07. The van der Waals surface area contributed by atoms with Gasteiger partial charge in [0.15, 0.2) is 12.4 Å². The van der Waals surface area contributed by atoms with Gasteiger partial charge in [0.05, 0.1) is 25.4 Å². The molecule has 1 aliphatic rings. The number of unbranched alkanes of at least 4 members (excludes halogenated alkanes) is 20. The number of allylic oxidation sites excluding steroid dienone is 15. The summed E-state index contributed by atoms with van der Waals surface area (Å²) in [4.78, 5) is 26.4. The van der Waals surface area contributed by atoms with Crippen LogP contribution in [0.1, 0.15) is 201 Å². The lowest BCUT2D eigenvalue weighted by Crippen LogP contribution is -2.61. The molecule has 0 aromatic carbocycles. The van der Waals surface area contributed by atoms with Crippen LogP contribution < -0.4 is 5.32 Å². The Hall–Kier alpha value is -3.42. The molecule has 1 aliphatic heterocycles. The maximum Gasteiger partial charge on any atom is 0.306 e. The Morgan fingerprint density at radius 1 is 0.586 bits per heavy atom. The summed E-state index contributed by atoms with van der Waals surface area (Å²) in [5.41, 5.74) is 0. The van der Waals surface area contributed by atoms with Gasteiger partial charge in [0.1, 0.15) is 24.4 Å². The number of carbonyl (C=O) groups excluding carboxylic acids is 2. The van der Waals surface area contributed by atoms with Crippen LogP contribution in [0.15, 0.2) is 97.2 Å². The third-order valence-corrected chi connectivity index (χ3v) is 12.4. The minimum absolute atomic E-state index is 0.101. The van der Waals surface area contributed by atoms with Gasteiger partial charge in [-0.2, -0.15) is 0 Å². The number of rotatable bonds is 44. The Labute approximate surface area is 425 Å². The predicted octanol–water partition coefficient (Wildman–Crippen LogP) is 12.0. The summed E-state index contributed by atoms with van der Waals surface area (Å²) in [6.45, 7) is 5.53. The predicted molar refractivity (Wildman–Crippen MR) is 287 cm³/mol. The normalized spacial score (nSPS) is 20.5. The van der Waals surface area contributed by atoms with Crippen LogP contribution >= 0.6 is 0 Å². The number of esters is 1. The molecule has 0 aromatic rings. The first kappa shape index (κ1) is 64.6. The van der Waals surface area contributed by atoms with Gasteiger partial charge in [0, 0.05) is 6.42 Å². The largest absolute Gasteiger partial charge is 0.454 e. The highest BCUT2D eigenvalue weighted by Crippen LogP contribution is 2.26. The van der Waals surface area contributed by atoms with E-state index < -0.39 is 67.4 Å². The van der Waals surface area contributed by atoms with Crippen LogP contribution in [0, 0.1) is 0 Å². The Kier molecular flexibility index (Phi) is 43.0. The molecule has 6 N–H and O–H groups in total. The van der Waals surface area contributed by atoms with Crippen molar-refractivity contribution in [2.75, 3.05) is 13.2 Å². The van der Waals surface area contributed by atoms with Gasteiger partial charge in [-0.1, -0.05) is 221 Å². The Morgan fingerprint density at radius 3 is 1.66 bits per heavy atom. The standard InChI is InChI=1S/C59H99NO10/c1-4-7-10-13-16-19-22-25-26-27-28-29-32-35-38-41-44-47-54(64)70-57-56(66)55(65)53(48-61)69-59(57)68-49-50(51(62)45-42-39-36-33-30-23-20-17-14-11-8-5-2)60-58(67)52(63)46-43-40-37-34-31-24-21-18-15-12-9-6-3/h9,12,15-16,18-19,21,24-26,31,34,37,40,42,45,50-53,55-57,59,61-63,65-66H,4-8,10-11,13-14,17,20,22-23,27-30,32-33,35-36,38-39,41,43-44,46-49H2,1-3H3,(H,60,67)/b12-9+,18-15+,19-16-,24-21-,26-25-,34-31-,40-37+,45-42+. The lowest BCUT2D eigenvalue weighted by Gasteiger charge is -2.41. The van der Waals surface area contributed by atoms with E-state index >= 15 is 0 Å². The van der Waals surface area contributed by atoms with E-state index in [2.05, 4.69) is 56.5 Å². The fraction of sp³-hybridized carbons (Fsp3) is 0.695. The van der Waals surface area contributed by atoms with Gasteiger partial charge in [0.2, 0.25) is 5.91 Å². The first-order valence-electron chi connectivity index (χ1n) is 27.6. The molecule has 0 saturated carbocycles.